The van der Waals surface area contributed by atoms with Gasteiger partial charge in [-0.05, 0) is 25.0 Å². The molecule has 0 heterocycles. The van der Waals surface area contributed by atoms with Crippen molar-refractivity contribution in [2.45, 2.75) is 58.3 Å². The standard InChI is InChI=1S/C18H32P.ClH/c1-4-5-6-7-8-9-10-14-17-19(2,3)18-15-12-11-13-16-18;/h11-13,15-16H,4-10,14,17H2,1-3H3;1H/q+1;/p-1. The molecule has 0 aliphatic carbocycles. The average molecular weight is 315 g/mol. The van der Waals surface area contributed by atoms with Crippen molar-refractivity contribution in [3.63, 3.8) is 0 Å². The van der Waals surface area contributed by atoms with E-state index in [1.54, 1.807) is 5.30 Å². The van der Waals surface area contributed by atoms with E-state index in [1.807, 2.05) is 0 Å². The summed E-state index contributed by atoms with van der Waals surface area (Å²) >= 11 is 0. The topological polar surface area (TPSA) is 0 Å². The molecule has 0 aromatic heterocycles. The molecule has 116 valence electrons. The summed E-state index contributed by atoms with van der Waals surface area (Å²) in [7, 11) is -0.861. The highest BCUT2D eigenvalue weighted by Gasteiger charge is 2.26. The first-order chi connectivity index (χ1) is 9.17. The molecule has 0 radical (unpaired) electrons. The van der Waals surface area contributed by atoms with Crippen molar-refractivity contribution in [1.82, 2.24) is 0 Å². The number of halogens is 1. The largest absolute Gasteiger partial charge is 1.00 e. The van der Waals surface area contributed by atoms with Crippen LogP contribution >= 0.6 is 7.26 Å². The van der Waals surface area contributed by atoms with Crippen LogP contribution in [0.3, 0.4) is 0 Å². The van der Waals surface area contributed by atoms with E-state index in [9.17, 15) is 0 Å². The van der Waals surface area contributed by atoms with Gasteiger partial charge in [0.15, 0.2) is 0 Å². The highest BCUT2D eigenvalue weighted by atomic mass is 35.5. The molecule has 1 rings (SSSR count). The summed E-state index contributed by atoms with van der Waals surface area (Å²) in [6.45, 7) is 7.27. The van der Waals surface area contributed by atoms with Gasteiger partial charge in [-0.2, -0.15) is 0 Å². The van der Waals surface area contributed by atoms with Gasteiger partial charge in [0.25, 0.3) is 0 Å². The molecule has 0 saturated heterocycles. The van der Waals surface area contributed by atoms with Gasteiger partial charge < -0.3 is 12.4 Å². The lowest BCUT2D eigenvalue weighted by Gasteiger charge is -2.17. The SMILES string of the molecule is CCCCCCCCCC[P+](C)(C)c1ccccc1.[Cl-]. The first-order valence-corrected chi connectivity index (χ1v) is 10.9. The molecule has 0 aliphatic heterocycles. The molecule has 0 N–H and O–H groups in total. The predicted octanol–water partition coefficient (Wildman–Crippen LogP) is 2.73. The van der Waals surface area contributed by atoms with Gasteiger partial charge in [0.05, 0.1) is 24.8 Å². The molecule has 2 heteroatoms. The first-order valence-electron chi connectivity index (χ1n) is 8.05. The smallest absolute Gasteiger partial charge is 0.0933 e. The Balaban J connectivity index is 0.00000361. The van der Waals surface area contributed by atoms with Gasteiger partial charge in [0, 0.05) is 7.26 Å². The Morgan fingerprint density at radius 2 is 1.25 bits per heavy atom. The second-order valence-electron chi connectivity index (χ2n) is 6.22. The lowest BCUT2D eigenvalue weighted by Crippen LogP contribution is -3.00. The van der Waals surface area contributed by atoms with Gasteiger partial charge in [-0.3, -0.25) is 0 Å². The summed E-state index contributed by atoms with van der Waals surface area (Å²) in [5.41, 5.74) is 0. The van der Waals surface area contributed by atoms with Crippen LogP contribution in [0.5, 0.6) is 0 Å². The van der Waals surface area contributed by atoms with Crippen LogP contribution in [0, 0.1) is 0 Å². The van der Waals surface area contributed by atoms with Crippen LogP contribution in [0.1, 0.15) is 58.3 Å². The molecule has 1 aromatic rings. The zero-order chi connectivity index (χ0) is 14.0. The fourth-order valence-corrected chi connectivity index (χ4v) is 4.85. The molecule has 1 aromatic carbocycles. The van der Waals surface area contributed by atoms with Crippen LogP contribution in [0.2, 0.25) is 0 Å². The molecule has 0 spiro atoms. The van der Waals surface area contributed by atoms with Crippen LogP contribution in [0.4, 0.5) is 0 Å². The average Bonchev–Trinajstić information content (AvgIpc) is 2.43. The van der Waals surface area contributed by atoms with Crippen molar-refractivity contribution < 1.29 is 12.4 Å². The summed E-state index contributed by atoms with van der Waals surface area (Å²) in [6, 6.07) is 11.1. The number of unbranched alkanes of at least 4 members (excludes halogenated alkanes) is 7. The normalized spacial score (nSPS) is 11.2. The van der Waals surface area contributed by atoms with Crippen molar-refractivity contribution in [3.8, 4) is 0 Å². The van der Waals surface area contributed by atoms with E-state index in [-0.39, 0.29) is 12.4 Å². The Morgan fingerprint density at radius 3 is 1.80 bits per heavy atom. The van der Waals surface area contributed by atoms with Crippen LogP contribution < -0.4 is 17.7 Å². The van der Waals surface area contributed by atoms with E-state index in [0.717, 1.165) is 0 Å². The van der Waals surface area contributed by atoms with Crippen LogP contribution in [0.15, 0.2) is 30.3 Å². The predicted molar refractivity (Wildman–Crippen MR) is 92.3 cm³/mol. The molecule has 0 nitrogen and oxygen atoms in total. The Labute approximate surface area is 133 Å². The van der Waals surface area contributed by atoms with Crippen molar-refractivity contribution in [1.29, 1.82) is 0 Å². The fourth-order valence-electron chi connectivity index (χ4n) is 2.60. The molecule has 0 atom stereocenters. The monoisotopic (exact) mass is 314 g/mol. The van der Waals surface area contributed by atoms with Crippen molar-refractivity contribution >= 4 is 12.6 Å². The van der Waals surface area contributed by atoms with E-state index >= 15 is 0 Å². The Hall–Kier alpha value is -0.0600. The Kier molecular flexibility index (Phi) is 11.5. The molecule has 0 unspecified atom stereocenters. The number of rotatable bonds is 10. The minimum absolute atomic E-state index is 0. The van der Waals surface area contributed by atoms with Gasteiger partial charge >= 0.3 is 0 Å². The molecule has 0 fully saturated rings. The van der Waals surface area contributed by atoms with Crippen molar-refractivity contribution in [2.75, 3.05) is 19.5 Å². The zero-order valence-corrected chi connectivity index (χ0v) is 15.2. The van der Waals surface area contributed by atoms with E-state index < -0.39 is 7.26 Å². The van der Waals surface area contributed by atoms with E-state index in [2.05, 4.69) is 50.6 Å². The van der Waals surface area contributed by atoms with E-state index in [0.29, 0.717) is 0 Å². The Bertz CT molecular complexity index is 321. The minimum atomic E-state index is -0.861. The number of hydrogen-bond acceptors (Lipinski definition) is 0. The third-order valence-corrected chi connectivity index (χ3v) is 7.16. The zero-order valence-electron chi connectivity index (χ0n) is 13.6. The van der Waals surface area contributed by atoms with Crippen LogP contribution in [-0.2, 0) is 0 Å². The molecular formula is C18H32ClP. The third kappa shape index (κ3) is 8.28. The third-order valence-electron chi connectivity index (χ3n) is 4.03. The quantitative estimate of drug-likeness (QED) is 0.460. The summed E-state index contributed by atoms with van der Waals surface area (Å²) in [6.07, 6.45) is 12.8. The summed E-state index contributed by atoms with van der Waals surface area (Å²) < 4.78 is 0. The van der Waals surface area contributed by atoms with Crippen molar-refractivity contribution in [2.24, 2.45) is 0 Å². The maximum Gasteiger partial charge on any atom is 0.0933 e. The van der Waals surface area contributed by atoms with Gasteiger partial charge in [0.1, 0.15) is 0 Å². The van der Waals surface area contributed by atoms with Crippen LogP contribution in [0.25, 0.3) is 0 Å². The summed E-state index contributed by atoms with van der Waals surface area (Å²) in [4.78, 5) is 0. The fraction of sp³-hybridized carbons (Fsp3) is 0.667. The molecule has 0 saturated carbocycles. The molecular weight excluding hydrogens is 283 g/mol. The molecule has 0 bridgehead atoms. The lowest BCUT2D eigenvalue weighted by atomic mass is 10.1. The maximum absolute atomic E-state index is 2.49. The number of hydrogen-bond donors (Lipinski definition) is 0. The first kappa shape index (κ1) is 19.9. The van der Waals surface area contributed by atoms with E-state index in [4.69, 9.17) is 0 Å². The summed E-state index contributed by atoms with van der Waals surface area (Å²) in [5.74, 6) is 0. The summed E-state index contributed by atoms with van der Waals surface area (Å²) in [5, 5.41) is 1.60. The lowest BCUT2D eigenvalue weighted by molar-refractivity contribution is -0.00000424. The van der Waals surface area contributed by atoms with Crippen molar-refractivity contribution in [3.05, 3.63) is 30.3 Å². The van der Waals surface area contributed by atoms with Crippen LogP contribution in [-0.4, -0.2) is 19.5 Å². The second-order valence-corrected chi connectivity index (χ2v) is 10.6. The molecule has 0 amide bonds. The molecule has 0 aliphatic rings. The Morgan fingerprint density at radius 1 is 0.750 bits per heavy atom. The maximum atomic E-state index is 2.49. The van der Waals surface area contributed by atoms with Gasteiger partial charge in [-0.1, -0.05) is 63.6 Å². The van der Waals surface area contributed by atoms with E-state index in [1.165, 1.54) is 57.5 Å². The minimum Gasteiger partial charge on any atom is -1.00 e. The molecule has 20 heavy (non-hydrogen) atoms. The number of benzene rings is 1. The van der Waals surface area contributed by atoms with Gasteiger partial charge in [-0.15, -0.1) is 0 Å². The second kappa shape index (κ2) is 11.6. The highest BCUT2D eigenvalue weighted by molar-refractivity contribution is 7.81. The highest BCUT2D eigenvalue weighted by Crippen LogP contribution is 2.50. The van der Waals surface area contributed by atoms with Gasteiger partial charge in [-0.25, -0.2) is 0 Å². The van der Waals surface area contributed by atoms with Gasteiger partial charge in [0.2, 0.25) is 0 Å².